The van der Waals surface area contributed by atoms with Crippen molar-refractivity contribution in [2.75, 3.05) is 6.61 Å². The van der Waals surface area contributed by atoms with Crippen molar-refractivity contribution in [3.05, 3.63) is 0 Å². The van der Waals surface area contributed by atoms with Gasteiger partial charge < -0.3 is 9.47 Å². The zero-order chi connectivity index (χ0) is 19.1. The maximum atomic E-state index is 12.5. The zero-order valence-corrected chi connectivity index (χ0v) is 17.8. The molecule has 27 heavy (non-hydrogen) atoms. The highest BCUT2D eigenvalue weighted by atomic mass is 16.7. The minimum atomic E-state index is -0.283. The Balaban J connectivity index is 1.32. The molecule has 0 aromatic carbocycles. The predicted octanol–water partition coefficient (Wildman–Crippen LogP) is 6.50. The summed E-state index contributed by atoms with van der Waals surface area (Å²) in [5, 5.41) is 0. The molecule has 3 heteroatoms. The van der Waals surface area contributed by atoms with Crippen LogP contribution in [0.1, 0.15) is 104 Å². The molecule has 2 aliphatic carbocycles. The third-order valence-corrected chi connectivity index (χ3v) is 7.64. The minimum absolute atomic E-state index is 0.0162. The smallest absolute Gasteiger partial charge is 0.311 e. The third-order valence-electron chi connectivity index (χ3n) is 7.64. The van der Waals surface area contributed by atoms with E-state index < -0.39 is 0 Å². The topological polar surface area (TPSA) is 35.5 Å². The zero-order valence-electron chi connectivity index (χ0n) is 17.8. The van der Waals surface area contributed by atoms with Gasteiger partial charge in [-0.2, -0.15) is 0 Å². The number of hydrogen-bond donors (Lipinski definition) is 0. The van der Waals surface area contributed by atoms with Gasteiger partial charge in [-0.1, -0.05) is 71.6 Å². The maximum Gasteiger partial charge on any atom is 0.311 e. The molecule has 3 rings (SSSR count). The Morgan fingerprint density at radius 1 is 0.889 bits per heavy atom. The summed E-state index contributed by atoms with van der Waals surface area (Å²) in [6.07, 6.45) is 17.5. The highest BCUT2D eigenvalue weighted by molar-refractivity contribution is 5.73. The van der Waals surface area contributed by atoms with E-state index in [9.17, 15) is 4.79 Å². The van der Waals surface area contributed by atoms with Gasteiger partial charge in [-0.25, -0.2) is 0 Å². The first-order valence-electron chi connectivity index (χ1n) is 12.0. The summed E-state index contributed by atoms with van der Waals surface area (Å²) in [6.45, 7) is 5.27. The molecule has 0 amide bonds. The molecular formula is C24H42O3. The molecular weight excluding hydrogens is 336 g/mol. The Hall–Kier alpha value is -0.570. The first-order chi connectivity index (χ1) is 13.2. The Morgan fingerprint density at radius 2 is 1.52 bits per heavy atom. The molecule has 0 bridgehead atoms. The molecule has 1 heterocycles. The summed E-state index contributed by atoms with van der Waals surface area (Å²) in [5.41, 5.74) is 0. The van der Waals surface area contributed by atoms with Crippen LogP contribution in [0, 0.1) is 29.6 Å². The lowest BCUT2D eigenvalue weighted by atomic mass is 9.71. The second-order valence-electron chi connectivity index (χ2n) is 9.76. The Kier molecular flexibility index (Phi) is 8.48. The molecule has 0 aromatic rings. The van der Waals surface area contributed by atoms with Gasteiger partial charge in [-0.3, -0.25) is 4.79 Å². The van der Waals surface area contributed by atoms with Crippen LogP contribution >= 0.6 is 0 Å². The number of cyclic esters (lactones) is 1. The lowest BCUT2D eigenvalue weighted by Crippen LogP contribution is -2.37. The van der Waals surface area contributed by atoms with Crippen LogP contribution in [-0.2, 0) is 14.3 Å². The molecule has 0 spiro atoms. The van der Waals surface area contributed by atoms with Crippen molar-refractivity contribution in [3.63, 3.8) is 0 Å². The molecule has 2 unspecified atom stereocenters. The lowest BCUT2D eigenvalue weighted by Gasteiger charge is -2.37. The average Bonchev–Trinajstić information content (AvgIpc) is 2.68. The second kappa shape index (κ2) is 10.8. The Bertz CT molecular complexity index is 433. The molecule has 1 saturated heterocycles. The molecule has 1 aliphatic heterocycles. The fraction of sp³-hybridized carbons (Fsp3) is 0.958. The van der Waals surface area contributed by atoms with Crippen LogP contribution < -0.4 is 0 Å². The van der Waals surface area contributed by atoms with E-state index in [1.807, 2.05) is 0 Å². The molecule has 2 saturated carbocycles. The second-order valence-corrected chi connectivity index (χ2v) is 9.76. The van der Waals surface area contributed by atoms with E-state index in [2.05, 4.69) is 13.8 Å². The molecule has 0 N–H and O–H groups in total. The first kappa shape index (κ1) is 21.1. The van der Waals surface area contributed by atoms with Crippen LogP contribution in [-0.4, -0.2) is 18.9 Å². The SMILES string of the molecule is CCCCOC1CCC(C2CCC(CCC3CCC(C)CC3)CC2)C(=O)O1. The summed E-state index contributed by atoms with van der Waals surface area (Å²) < 4.78 is 11.3. The molecule has 156 valence electrons. The van der Waals surface area contributed by atoms with Gasteiger partial charge in [0.2, 0.25) is 6.29 Å². The summed E-state index contributed by atoms with van der Waals surface area (Å²) in [5.74, 6) is 3.58. The van der Waals surface area contributed by atoms with Crippen molar-refractivity contribution < 1.29 is 14.3 Å². The van der Waals surface area contributed by atoms with Crippen LogP contribution in [0.15, 0.2) is 0 Å². The van der Waals surface area contributed by atoms with E-state index in [4.69, 9.17) is 9.47 Å². The lowest BCUT2D eigenvalue weighted by molar-refractivity contribution is -0.199. The third kappa shape index (κ3) is 6.48. The quantitative estimate of drug-likeness (QED) is 0.357. The minimum Gasteiger partial charge on any atom is -0.436 e. The van der Waals surface area contributed by atoms with E-state index in [1.165, 1.54) is 64.2 Å². The van der Waals surface area contributed by atoms with Crippen LogP contribution in [0.3, 0.4) is 0 Å². The van der Waals surface area contributed by atoms with Crippen molar-refractivity contribution in [2.45, 2.75) is 110 Å². The maximum absolute atomic E-state index is 12.5. The summed E-state index contributed by atoms with van der Waals surface area (Å²) in [7, 11) is 0. The van der Waals surface area contributed by atoms with E-state index in [0.717, 1.165) is 43.4 Å². The Morgan fingerprint density at radius 3 is 2.11 bits per heavy atom. The van der Waals surface area contributed by atoms with Crippen LogP contribution in [0.4, 0.5) is 0 Å². The fourth-order valence-electron chi connectivity index (χ4n) is 5.58. The van der Waals surface area contributed by atoms with E-state index in [0.29, 0.717) is 12.5 Å². The molecule has 3 aliphatic rings. The van der Waals surface area contributed by atoms with Crippen molar-refractivity contribution in [1.82, 2.24) is 0 Å². The molecule has 3 nitrogen and oxygen atoms in total. The number of unbranched alkanes of at least 4 members (excludes halogenated alkanes) is 1. The van der Waals surface area contributed by atoms with Crippen LogP contribution in [0.25, 0.3) is 0 Å². The number of carbonyl (C=O) groups is 1. The van der Waals surface area contributed by atoms with Gasteiger partial charge in [0.1, 0.15) is 0 Å². The van der Waals surface area contributed by atoms with E-state index in [-0.39, 0.29) is 18.2 Å². The highest BCUT2D eigenvalue weighted by Crippen LogP contribution is 2.41. The molecule has 0 aromatic heterocycles. The van der Waals surface area contributed by atoms with Crippen LogP contribution in [0.5, 0.6) is 0 Å². The Labute approximate surface area is 167 Å². The van der Waals surface area contributed by atoms with Crippen LogP contribution in [0.2, 0.25) is 0 Å². The van der Waals surface area contributed by atoms with E-state index in [1.54, 1.807) is 0 Å². The first-order valence-corrected chi connectivity index (χ1v) is 12.0. The predicted molar refractivity (Wildman–Crippen MR) is 109 cm³/mol. The number of ether oxygens (including phenoxy) is 2. The summed E-state index contributed by atoms with van der Waals surface area (Å²) >= 11 is 0. The number of esters is 1. The average molecular weight is 379 g/mol. The number of hydrogen-bond acceptors (Lipinski definition) is 3. The molecule has 2 atom stereocenters. The van der Waals surface area contributed by atoms with Gasteiger partial charge in [0.15, 0.2) is 0 Å². The summed E-state index contributed by atoms with van der Waals surface area (Å²) in [6, 6.07) is 0. The van der Waals surface area contributed by atoms with Crippen molar-refractivity contribution in [1.29, 1.82) is 0 Å². The van der Waals surface area contributed by atoms with Gasteiger partial charge in [-0.05, 0) is 49.4 Å². The van der Waals surface area contributed by atoms with Crippen molar-refractivity contribution >= 4 is 5.97 Å². The van der Waals surface area contributed by atoms with Gasteiger partial charge in [0.05, 0.1) is 12.5 Å². The molecule has 0 radical (unpaired) electrons. The van der Waals surface area contributed by atoms with Crippen molar-refractivity contribution in [3.8, 4) is 0 Å². The van der Waals surface area contributed by atoms with E-state index >= 15 is 0 Å². The molecule has 3 fully saturated rings. The van der Waals surface area contributed by atoms with Gasteiger partial charge in [0.25, 0.3) is 0 Å². The van der Waals surface area contributed by atoms with Gasteiger partial charge in [-0.15, -0.1) is 0 Å². The monoisotopic (exact) mass is 378 g/mol. The highest BCUT2D eigenvalue weighted by Gasteiger charge is 2.37. The fourth-order valence-corrected chi connectivity index (χ4v) is 5.58. The van der Waals surface area contributed by atoms with Gasteiger partial charge >= 0.3 is 5.97 Å². The summed E-state index contributed by atoms with van der Waals surface area (Å²) in [4.78, 5) is 12.5. The number of carbonyl (C=O) groups excluding carboxylic acids is 1. The normalized spacial score (nSPS) is 37.8. The van der Waals surface area contributed by atoms with Crippen molar-refractivity contribution in [2.24, 2.45) is 29.6 Å². The van der Waals surface area contributed by atoms with Gasteiger partial charge in [0, 0.05) is 6.42 Å². The largest absolute Gasteiger partial charge is 0.436 e. The number of rotatable bonds is 8. The standard InChI is InChI=1S/C24H42O3/c1-3-4-17-26-23-16-15-22(24(25)27-23)21-13-11-20(12-14-21)10-9-19-7-5-18(2)6-8-19/h18-23H,3-17H2,1-2H3.